The Labute approximate surface area is 137 Å². The molecule has 1 aromatic heterocycles. The first-order chi connectivity index (χ1) is 11.3. The molecule has 2 heterocycles. The molecule has 0 radical (unpaired) electrons. The fourth-order valence-corrected chi connectivity index (χ4v) is 3.24. The first kappa shape index (κ1) is 15.7. The molecule has 23 heavy (non-hydrogen) atoms. The van der Waals surface area contributed by atoms with E-state index in [9.17, 15) is 0 Å². The van der Waals surface area contributed by atoms with E-state index in [0.29, 0.717) is 18.6 Å². The Kier molecular flexibility index (Phi) is 5.08. The first-order valence-corrected chi connectivity index (χ1v) is 8.31. The van der Waals surface area contributed by atoms with Crippen LogP contribution >= 0.6 is 0 Å². The van der Waals surface area contributed by atoms with Crippen LogP contribution < -0.4 is 10.5 Å². The van der Waals surface area contributed by atoms with Crippen LogP contribution in [-0.2, 0) is 6.54 Å². The van der Waals surface area contributed by atoms with Gasteiger partial charge in [-0.05, 0) is 38.4 Å². The number of anilines is 1. The van der Waals surface area contributed by atoms with Crippen molar-refractivity contribution in [3.05, 3.63) is 47.8 Å². The normalized spacial score (nSPS) is 18.7. The monoisotopic (exact) mass is 312 g/mol. The third kappa shape index (κ3) is 3.79. The number of aromatic nitrogens is 2. The van der Waals surface area contributed by atoms with E-state index in [1.165, 1.54) is 18.4 Å². The summed E-state index contributed by atoms with van der Waals surface area (Å²) < 4.78 is 5.77. The van der Waals surface area contributed by atoms with Crippen LogP contribution in [0.4, 0.5) is 5.95 Å². The van der Waals surface area contributed by atoms with Crippen LogP contribution in [0.5, 0.6) is 5.75 Å². The van der Waals surface area contributed by atoms with Crippen molar-refractivity contribution in [2.24, 2.45) is 0 Å². The van der Waals surface area contributed by atoms with Gasteiger partial charge in [0.25, 0.3) is 0 Å². The van der Waals surface area contributed by atoms with Crippen LogP contribution in [-0.4, -0.2) is 28.0 Å². The van der Waals surface area contributed by atoms with Gasteiger partial charge < -0.3 is 10.5 Å². The van der Waals surface area contributed by atoms with E-state index < -0.39 is 0 Å². The highest BCUT2D eigenvalue weighted by Crippen LogP contribution is 2.32. The fourth-order valence-electron chi connectivity index (χ4n) is 3.24. The van der Waals surface area contributed by atoms with Crippen LogP contribution in [0.1, 0.15) is 43.5 Å². The molecule has 1 aliphatic rings. The molecule has 1 aliphatic heterocycles. The van der Waals surface area contributed by atoms with Gasteiger partial charge in [-0.15, -0.1) is 0 Å². The second-order valence-corrected chi connectivity index (χ2v) is 5.86. The molecule has 0 unspecified atom stereocenters. The fraction of sp³-hybridized carbons (Fsp3) is 0.444. The molecule has 3 rings (SSSR count). The largest absolute Gasteiger partial charge is 0.494 e. The number of piperidine rings is 1. The summed E-state index contributed by atoms with van der Waals surface area (Å²) in [6, 6.07) is 10.6. The van der Waals surface area contributed by atoms with E-state index in [1.807, 2.05) is 25.1 Å². The summed E-state index contributed by atoms with van der Waals surface area (Å²) in [6.07, 6.45) is 5.29. The SMILES string of the molecule is CCOc1ccccc1CN1CCCC[C@@H]1c1ccnc(N)n1. The summed E-state index contributed by atoms with van der Waals surface area (Å²) in [5.41, 5.74) is 8.01. The Morgan fingerprint density at radius 2 is 2.13 bits per heavy atom. The summed E-state index contributed by atoms with van der Waals surface area (Å²) in [4.78, 5) is 10.9. The molecule has 2 N–H and O–H groups in total. The number of rotatable bonds is 5. The predicted molar refractivity (Wildman–Crippen MR) is 91.1 cm³/mol. The van der Waals surface area contributed by atoms with Crippen LogP contribution in [0.25, 0.3) is 0 Å². The molecule has 1 saturated heterocycles. The van der Waals surface area contributed by atoms with Gasteiger partial charge in [0, 0.05) is 18.3 Å². The summed E-state index contributed by atoms with van der Waals surface area (Å²) in [7, 11) is 0. The van der Waals surface area contributed by atoms with Crippen molar-refractivity contribution in [3.8, 4) is 5.75 Å². The second-order valence-electron chi connectivity index (χ2n) is 5.86. The zero-order chi connectivity index (χ0) is 16.1. The predicted octanol–water partition coefficient (Wildman–Crippen LogP) is 3.18. The highest BCUT2D eigenvalue weighted by Gasteiger charge is 2.26. The Bertz CT molecular complexity index is 646. The quantitative estimate of drug-likeness (QED) is 0.918. The minimum absolute atomic E-state index is 0.295. The van der Waals surface area contributed by atoms with Gasteiger partial charge in [-0.3, -0.25) is 4.90 Å². The van der Waals surface area contributed by atoms with Crippen LogP contribution in [0.2, 0.25) is 0 Å². The second kappa shape index (κ2) is 7.42. The molecule has 0 saturated carbocycles. The van der Waals surface area contributed by atoms with Crippen molar-refractivity contribution < 1.29 is 4.74 Å². The minimum atomic E-state index is 0.295. The summed E-state index contributed by atoms with van der Waals surface area (Å²) in [5.74, 6) is 1.32. The highest BCUT2D eigenvalue weighted by molar-refractivity contribution is 5.33. The molecule has 1 atom stereocenters. The lowest BCUT2D eigenvalue weighted by atomic mass is 9.98. The van der Waals surface area contributed by atoms with E-state index in [4.69, 9.17) is 10.5 Å². The zero-order valence-electron chi connectivity index (χ0n) is 13.6. The lowest BCUT2D eigenvalue weighted by molar-refractivity contribution is 0.135. The van der Waals surface area contributed by atoms with Crippen molar-refractivity contribution in [1.29, 1.82) is 0 Å². The van der Waals surface area contributed by atoms with Gasteiger partial charge in [-0.1, -0.05) is 24.6 Å². The molecule has 0 bridgehead atoms. The van der Waals surface area contributed by atoms with Crippen molar-refractivity contribution in [2.45, 2.75) is 38.8 Å². The average Bonchev–Trinajstić information content (AvgIpc) is 2.57. The van der Waals surface area contributed by atoms with Gasteiger partial charge in [-0.2, -0.15) is 0 Å². The number of nitrogens with zero attached hydrogens (tertiary/aromatic N) is 3. The van der Waals surface area contributed by atoms with E-state index in [-0.39, 0.29) is 0 Å². The average molecular weight is 312 g/mol. The Morgan fingerprint density at radius 3 is 2.96 bits per heavy atom. The van der Waals surface area contributed by atoms with Crippen molar-refractivity contribution >= 4 is 5.95 Å². The van der Waals surface area contributed by atoms with E-state index >= 15 is 0 Å². The number of benzene rings is 1. The third-order valence-electron chi connectivity index (χ3n) is 4.30. The highest BCUT2D eigenvalue weighted by atomic mass is 16.5. The molecule has 2 aromatic rings. The van der Waals surface area contributed by atoms with Gasteiger partial charge in [0.2, 0.25) is 5.95 Å². The van der Waals surface area contributed by atoms with Crippen molar-refractivity contribution in [1.82, 2.24) is 14.9 Å². The maximum atomic E-state index is 5.77. The molecule has 122 valence electrons. The number of nitrogen functional groups attached to an aromatic ring is 1. The molecular weight excluding hydrogens is 288 g/mol. The molecule has 1 fully saturated rings. The van der Waals surface area contributed by atoms with Gasteiger partial charge in [0.05, 0.1) is 18.3 Å². The number of ether oxygens (including phenoxy) is 1. The smallest absolute Gasteiger partial charge is 0.220 e. The standard InChI is InChI=1S/C18H24N4O/c1-2-23-17-9-4-3-7-14(17)13-22-12-6-5-8-16(22)15-10-11-20-18(19)21-15/h3-4,7,9-11,16H,2,5-6,8,12-13H2,1H3,(H2,19,20,21)/t16-/m1/s1. The number of likely N-dealkylation sites (tertiary alicyclic amines) is 1. The topological polar surface area (TPSA) is 64.3 Å². The molecule has 0 aliphatic carbocycles. The van der Waals surface area contributed by atoms with Crippen molar-refractivity contribution in [3.63, 3.8) is 0 Å². The number of hydrogen-bond donors (Lipinski definition) is 1. The Morgan fingerprint density at radius 1 is 1.26 bits per heavy atom. The zero-order valence-corrected chi connectivity index (χ0v) is 13.6. The van der Waals surface area contributed by atoms with Gasteiger partial charge in [-0.25, -0.2) is 9.97 Å². The summed E-state index contributed by atoms with van der Waals surface area (Å²) in [6.45, 7) is 4.63. The van der Waals surface area contributed by atoms with Gasteiger partial charge in [0.15, 0.2) is 0 Å². The first-order valence-electron chi connectivity index (χ1n) is 8.31. The van der Waals surface area contributed by atoms with Gasteiger partial charge >= 0.3 is 0 Å². The van der Waals surface area contributed by atoms with E-state index in [1.54, 1.807) is 6.20 Å². The van der Waals surface area contributed by atoms with Crippen LogP contribution in [0.3, 0.4) is 0 Å². The molecule has 5 nitrogen and oxygen atoms in total. The number of hydrogen-bond acceptors (Lipinski definition) is 5. The Hall–Kier alpha value is -2.14. The van der Waals surface area contributed by atoms with Crippen LogP contribution in [0, 0.1) is 0 Å². The number of nitrogens with two attached hydrogens (primary N) is 1. The minimum Gasteiger partial charge on any atom is -0.494 e. The summed E-state index contributed by atoms with van der Waals surface area (Å²) >= 11 is 0. The third-order valence-corrected chi connectivity index (χ3v) is 4.30. The van der Waals surface area contributed by atoms with E-state index in [0.717, 1.165) is 31.0 Å². The van der Waals surface area contributed by atoms with Crippen LogP contribution in [0.15, 0.2) is 36.5 Å². The molecule has 0 spiro atoms. The summed E-state index contributed by atoms with van der Waals surface area (Å²) in [5, 5.41) is 0. The van der Waals surface area contributed by atoms with Gasteiger partial charge in [0.1, 0.15) is 5.75 Å². The maximum Gasteiger partial charge on any atom is 0.220 e. The lowest BCUT2D eigenvalue weighted by Crippen LogP contribution is -2.33. The van der Waals surface area contributed by atoms with E-state index in [2.05, 4.69) is 27.0 Å². The Balaban J connectivity index is 1.82. The molecular formula is C18H24N4O. The lowest BCUT2D eigenvalue weighted by Gasteiger charge is -2.35. The van der Waals surface area contributed by atoms with Crippen molar-refractivity contribution in [2.75, 3.05) is 18.9 Å². The molecule has 5 heteroatoms. The number of para-hydroxylation sites is 1. The maximum absolute atomic E-state index is 5.77. The molecule has 0 amide bonds. The molecule has 1 aromatic carbocycles.